The van der Waals surface area contributed by atoms with Crippen molar-refractivity contribution < 1.29 is 0 Å². The molecule has 5 rings (SSSR count). The number of rotatable bonds is 4. The highest BCUT2D eigenvalue weighted by Crippen LogP contribution is 2.61. The molecule has 2 nitrogen and oxygen atoms in total. The lowest BCUT2D eigenvalue weighted by atomic mass is 9.48. The quantitative estimate of drug-likeness (QED) is 0.900. The van der Waals surface area contributed by atoms with Crippen LogP contribution in [0.5, 0.6) is 0 Å². The molecule has 20 heavy (non-hydrogen) atoms. The average molecular weight is 270 g/mol. The zero-order chi connectivity index (χ0) is 13.6. The van der Waals surface area contributed by atoms with Crippen LogP contribution in [0.3, 0.4) is 0 Å². The Labute approximate surface area is 122 Å². The zero-order valence-electron chi connectivity index (χ0n) is 12.5. The summed E-state index contributed by atoms with van der Waals surface area (Å²) in [5, 5.41) is 3.83. The minimum absolute atomic E-state index is 0.613. The van der Waals surface area contributed by atoms with E-state index in [1.54, 1.807) is 0 Å². The molecule has 1 atom stereocenters. The normalized spacial score (nSPS) is 40.0. The Kier molecular flexibility index (Phi) is 3.10. The number of nitrogens with one attached hydrogen (secondary N) is 1. The van der Waals surface area contributed by atoms with Gasteiger partial charge in [-0.2, -0.15) is 0 Å². The summed E-state index contributed by atoms with van der Waals surface area (Å²) in [5.74, 6) is 3.14. The second-order valence-electron chi connectivity index (χ2n) is 7.74. The van der Waals surface area contributed by atoms with Crippen molar-refractivity contribution in [2.24, 2.45) is 23.2 Å². The zero-order valence-corrected chi connectivity index (χ0v) is 12.5. The van der Waals surface area contributed by atoms with Crippen molar-refractivity contribution >= 4 is 0 Å². The Morgan fingerprint density at radius 2 is 1.65 bits per heavy atom. The van der Waals surface area contributed by atoms with Crippen LogP contribution >= 0.6 is 0 Å². The number of pyridine rings is 1. The Bertz CT molecular complexity index is 432. The number of aromatic nitrogens is 1. The van der Waals surface area contributed by atoms with E-state index in [0.29, 0.717) is 11.5 Å². The van der Waals surface area contributed by atoms with Crippen molar-refractivity contribution in [3.63, 3.8) is 0 Å². The fraction of sp³-hybridized carbons (Fsp3) is 0.722. The first-order valence-electron chi connectivity index (χ1n) is 8.36. The van der Waals surface area contributed by atoms with Crippen molar-refractivity contribution in [2.45, 2.75) is 58.0 Å². The largest absolute Gasteiger partial charge is 0.310 e. The first kappa shape index (κ1) is 12.8. The highest BCUT2D eigenvalue weighted by Gasteiger charge is 2.52. The lowest BCUT2D eigenvalue weighted by Crippen LogP contribution is -2.54. The van der Waals surface area contributed by atoms with Crippen LogP contribution in [0.2, 0.25) is 0 Å². The fourth-order valence-electron chi connectivity index (χ4n) is 5.70. The molecule has 4 fully saturated rings. The van der Waals surface area contributed by atoms with Gasteiger partial charge < -0.3 is 5.32 Å². The molecule has 0 aliphatic heterocycles. The third-order valence-corrected chi connectivity index (χ3v) is 6.37. The second kappa shape index (κ2) is 4.84. The molecule has 4 aliphatic rings. The summed E-state index contributed by atoms with van der Waals surface area (Å²) in [7, 11) is 0. The van der Waals surface area contributed by atoms with Gasteiger partial charge in [0, 0.05) is 25.0 Å². The molecule has 4 aliphatic carbocycles. The third-order valence-electron chi connectivity index (χ3n) is 6.37. The Hall–Kier alpha value is -0.890. The monoisotopic (exact) mass is 270 g/mol. The average Bonchev–Trinajstić information content (AvgIpc) is 2.44. The molecule has 2 heteroatoms. The SMILES string of the molecule is C[C@@H](NCc1ccncc1)C12CC3CC(CC(C3)C1)C2. The molecule has 0 radical (unpaired) electrons. The van der Waals surface area contributed by atoms with Gasteiger partial charge >= 0.3 is 0 Å². The topological polar surface area (TPSA) is 24.9 Å². The maximum Gasteiger partial charge on any atom is 0.0271 e. The first-order chi connectivity index (χ1) is 9.73. The molecule has 4 bridgehead atoms. The summed E-state index contributed by atoms with van der Waals surface area (Å²) in [5.41, 5.74) is 1.97. The van der Waals surface area contributed by atoms with Gasteiger partial charge in [0.25, 0.3) is 0 Å². The van der Waals surface area contributed by atoms with Crippen LogP contribution in [-0.2, 0) is 6.54 Å². The van der Waals surface area contributed by atoms with E-state index in [9.17, 15) is 0 Å². The van der Waals surface area contributed by atoms with E-state index >= 15 is 0 Å². The second-order valence-corrected chi connectivity index (χ2v) is 7.74. The number of hydrogen-bond acceptors (Lipinski definition) is 2. The summed E-state index contributed by atoms with van der Waals surface area (Å²) in [4.78, 5) is 4.10. The van der Waals surface area contributed by atoms with Crippen LogP contribution in [0.25, 0.3) is 0 Å². The standard InChI is InChI=1S/C18H26N2/c1-13(20-12-14-2-4-19-5-3-14)18-9-15-6-16(10-18)8-17(7-15)11-18/h2-5,13,15-17,20H,6-12H2,1H3/t13-,15?,16?,17?,18?/m1/s1. The predicted octanol–water partition coefficient (Wildman–Crippen LogP) is 3.78. The highest BCUT2D eigenvalue weighted by molar-refractivity contribution is 5.10. The minimum Gasteiger partial charge on any atom is -0.310 e. The summed E-state index contributed by atoms with van der Waals surface area (Å²) in [6, 6.07) is 4.91. The first-order valence-corrected chi connectivity index (χ1v) is 8.36. The summed E-state index contributed by atoms with van der Waals surface area (Å²) < 4.78 is 0. The molecule has 1 N–H and O–H groups in total. The molecule has 0 saturated heterocycles. The van der Waals surface area contributed by atoms with Gasteiger partial charge in [-0.1, -0.05) is 0 Å². The Balaban J connectivity index is 1.44. The number of nitrogens with zero attached hydrogens (tertiary/aromatic N) is 1. The molecule has 0 unspecified atom stereocenters. The van der Waals surface area contributed by atoms with Gasteiger partial charge in [-0.25, -0.2) is 0 Å². The van der Waals surface area contributed by atoms with Crippen LogP contribution < -0.4 is 5.32 Å². The van der Waals surface area contributed by atoms with E-state index in [-0.39, 0.29) is 0 Å². The minimum atomic E-state index is 0.613. The molecule has 0 aromatic carbocycles. The third kappa shape index (κ3) is 2.18. The van der Waals surface area contributed by atoms with Gasteiger partial charge in [0.05, 0.1) is 0 Å². The molecule has 4 saturated carbocycles. The van der Waals surface area contributed by atoms with E-state index in [0.717, 1.165) is 24.3 Å². The van der Waals surface area contributed by atoms with Crippen LogP contribution in [0.1, 0.15) is 51.0 Å². The van der Waals surface area contributed by atoms with Gasteiger partial charge in [0.2, 0.25) is 0 Å². The molecular weight excluding hydrogens is 244 g/mol. The Morgan fingerprint density at radius 1 is 1.10 bits per heavy atom. The van der Waals surface area contributed by atoms with Crippen molar-refractivity contribution in [1.82, 2.24) is 10.3 Å². The molecule has 1 heterocycles. The summed E-state index contributed by atoms with van der Waals surface area (Å²) in [6.45, 7) is 3.43. The Morgan fingerprint density at radius 3 is 2.20 bits per heavy atom. The van der Waals surface area contributed by atoms with Crippen molar-refractivity contribution in [3.05, 3.63) is 30.1 Å². The lowest BCUT2D eigenvalue weighted by molar-refractivity contribution is -0.0706. The molecule has 1 aromatic rings. The van der Waals surface area contributed by atoms with Crippen LogP contribution in [0.15, 0.2) is 24.5 Å². The van der Waals surface area contributed by atoms with Gasteiger partial charge in [0.1, 0.15) is 0 Å². The summed E-state index contributed by atoms with van der Waals surface area (Å²) >= 11 is 0. The van der Waals surface area contributed by atoms with Gasteiger partial charge in [-0.05, 0) is 86.3 Å². The van der Waals surface area contributed by atoms with E-state index in [4.69, 9.17) is 0 Å². The van der Waals surface area contributed by atoms with E-state index in [1.165, 1.54) is 44.1 Å². The molecular formula is C18H26N2. The maximum absolute atomic E-state index is 4.10. The predicted molar refractivity (Wildman–Crippen MR) is 81.1 cm³/mol. The van der Waals surface area contributed by atoms with Crippen molar-refractivity contribution in [1.29, 1.82) is 0 Å². The van der Waals surface area contributed by atoms with Crippen molar-refractivity contribution in [3.8, 4) is 0 Å². The van der Waals surface area contributed by atoms with E-state index < -0.39 is 0 Å². The smallest absolute Gasteiger partial charge is 0.0271 e. The van der Waals surface area contributed by atoms with E-state index in [2.05, 4.69) is 29.4 Å². The van der Waals surface area contributed by atoms with Crippen LogP contribution in [0.4, 0.5) is 0 Å². The van der Waals surface area contributed by atoms with E-state index in [1.807, 2.05) is 12.4 Å². The van der Waals surface area contributed by atoms with Gasteiger partial charge in [-0.3, -0.25) is 4.98 Å². The molecule has 0 spiro atoms. The van der Waals surface area contributed by atoms with Gasteiger partial charge in [-0.15, -0.1) is 0 Å². The van der Waals surface area contributed by atoms with Crippen molar-refractivity contribution in [2.75, 3.05) is 0 Å². The van der Waals surface area contributed by atoms with Crippen LogP contribution in [-0.4, -0.2) is 11.0 Å². The fourth-order valence-corrected chi connectivity index (χ4v) is 5.70. The molecule has 0 amide bonds. The lowest BCUT2D eigenvalue weighted by Gasteiger charge is -2.59. The van der Waals surface area contributed by atoms with Crippen LogP contribution in [0, 0.1) is 23.2 Å². The maximum atomic E-state index is 4.10. The molecule has 108 valence electrons. The highest BCUT2D eigenvalue weighted by atomic mass is 14.9. The summed E-state index contributed by atoms with van der Waals surface area (Å²) in [6.07, 6.45) is 12.9. The number of hydrogen-bond donors (Lipinski definition) is 1. The van der Waals surface area contributed by atoms with Gasteiger partial charge in [0.15, 0.2) is 0 Å². The molecule has 1 aromatic heterocycles.